The number of nitrogens with zero attached hydrogens (tertiary/aromatic N) is 2. The van der Waals surface area contributed by atoms with Gasteiger partial charge in [-0.2, -0.15) is 0 Å². The summed E-state index contributed by atoms with van der Waals surface area (Å²) in [6, 6.07) is 7.72. The largest absolute Gasteiger partial charge is 0.465 e. The molecule has 1 aromatic heterocycles. The molecule has 1 aliphatic rings. The van der Waals surface area contributed by atoms with Crippen LogP contribution in [0.25, 0.3) is 10.9 Å². The molecule has 3 rings (SSSR count). The van der Waals surface area contributed by atoms with Crippen molar-refractivity contribution in [3.8, 4) is 0 Å². The number of methoxy groups -OCH3 is 1. The summed E-state index contributed by atoms with van der Waals surface area (Å²) in [6.45, 7) is 1.34. The van der Waals surface area contributed by atoms with E-state index in [1.165, 1.54) is 7.11 Å². The average molecular weight is 304 g/mol. The number of esters is 1. The first-order chi connectivity index (χ1) is 10.2. The van der Waals surface area contributed by atoms with Crippen molar-refractivity contribution in [1.82, 2.24) is 4.98 Å². The maximum Gasteiger partial charge on any atom is 0.341 e. The lowest BCUT2D eigenvalue weighted by molar-refractivity contribution is 0.0601. The Balaban J connectivity index is 2.16. The van der Waals surface area contributed by atoms with Crippen molar-refractivity contribution in [3.05, 3.63) is 36.0 Å². The molecule has 1 saturated heterocycles. The number of benzene rings is 1. The van der Waals surface area contributed by atoms with E-state index >= 15 is 0 Å². The number of pyridine rings is 1. The molecule has 2 aromatic rings. The molecule has 0 N–H and O–H groups in total. The van der Waals surface area contributed by atoms with Gasteiger partial charge in [-0.05, 0) is 6.07 Å². The lowest BCUT2D eigenvalue weighted by Crippen LogP contribution is -2.38. The minimum Gasteiger partial charge on any atom is -0.465 e. The van der Waals surface area contributed by atoms with Crippen molar-refractivity contribution in [1.29, 1.82) is 0 Å². The van der Waals surface area contributed by atoms with Crippen LogP contribution in [0.5, 0.6) is 0 Å². The van der Waals surface area contributed by atoms with Crippen molar-refractivity contribution < 1.29 is 13.7 Å². The third-order valence-corrected chi connectivity index (χ3v) is 4.92. The van der Waals surface area contributed by atoms with Gasteiger partial charge in [-0.15, -0.1) is 0 Å². The molecule has 0 saturated carbocycles. The number of para-hydroxylation sites is 1. The number of ether oxygens (including phenoxy) is 1. The first-order valence-electron chi connectivity index (χ1n) is 6.76. The van der Waals surface area contributed by atoms with Gasteiger partial charge in [0.25, 0.3) is 0 Å². The molecule has 2 heterocycles. The van der Waals surface area contributed by atoms with Gasteiger partial charge >= 0.3 is 5.97 Å². The number of anilines is 1. The normalized spacial score (nSPS) is 16.1. The predicted octanol–water partition coefficient (Wildman–Crippen LogP) is 1.59. The van der Waals surface area contributed by atoms with E-state index in [2.05, 4.69) is 9.88 Å². The van der Waals surface area contributed by atoms with Gasteiger partial charge in [0.05, 0.1) is 18.3 Å². The summed E-state index contributed by atoms with van der Waals surface area (Å²) >= 11 is 0. The van der Waals surface area contributed by atoms with Crippen LogP contribution in [-0.4, -0.2) is 46.9 Å². The fraction of sp³-hybridized carbons (Fsp3) is 0.333. The lowest BCUT2D eigenvalue weighted by atomic mass is 10.1. The van der Waals surface area contributed by atoms with Gasteiger partial charge in [0.1, 0.15) is 5.56 Å². The van der Waals surface area contributed by atoms with Crippen molar-refractivity contribution >= 4 is 33.4 Å². The highest BCUT2D eigenvalue weighted by atomic mass is 32.2. The number of rotatable bonds is 2. The summed E-state index contributed by atoms with van der Waals surface area (Å²) in [4.78, 5) is 18.5. The second kappa shape index (κ2) is 5.81. The summed E-state index contributed by atoms with van der Waals surface area (Å²) in [5, 5.41) is 0.924. The topological polar surface area (TPSA) is 59.5 Å². The van der Waals surface area contributed by atoms with E-state index in [-0.39, 0.29) is 0 Å². The summed E-state index contributed by atoms with van der Waals surface area (Å²) < 4.78 is 16.4. The monoisotopic (exact) mass is 304 g/mol. The van der Waals surface area contributed by atoms with Crippen LogP contribution < -0.4 is 4.90 Å². The molecule has 0 amide bonds. The van der Waals surface area contributed by atoms with Gasteiger partial charge in [-0.1, -0.05) is 18.2 Å². The Hall–Kier alpha value is -1.95. The summed E-state index contributed by atoms with van der Waals surface area (Å²) in [7, 11) is 0.607. The molecular formula is C15H16N2O3S. The van der Waals surface area contributed by atoms with E-state index in [9.17, 15) is 9.00 Å². The zero-order valence-corrected chi connectivity index (χ0v) is 12.6. The number of aromatic nitrogens is 1. The van der Waals surface area contributed by atoms with Crippen LogP contribution in [0.4, 0.5) is 5.69 Å². The molecule has 1 fully saturated rings. The standard InChI is InChI=1S/C15H16N2O3S/c1-20-15(18)12-10-16-13-5-3-2-4-11(13)14(12)17-6-8-21(19)9-7-17/h2-5,10H,6-9H2,1H3. The van der Waals surface area contributed by atoms with Gasteiger partial charge in [-0.3, -0.25) is 9.19 Å². The SMILES string of the molecule is COC(=O)c1cnc2ccccc2c1N1CCS(=O)CC1. The third kappa shape index (κ3) is 2.63. The Labute approximate surface area is 125 Å². The van der Waals surface area contributed by atoms with Crippen molar-refractivity contribution in [2.75, 3.05) is 36.6 Å². The molecule has 6 heteroatoms. The first-order valence-corrected chi connectivity index (χ1v) is 8.25. The quantitative estimate of drug-likeness (QED) is 0.789. The second-order valence-electron chi connectivity index (χ2n) is 4.86. The number of carbonyl (C=O) groups is 1. The zero-order valence-electron chi connectivity index (χ0n) is 11.7. The van der Waals surface area contributed by atoms with E-state index in [0.717, 1.165) is 16.6 Å². The van der Waals surface area contributed by atoms with Gasteiger partial charge in [0, 0.05) is 47.0 Å². The van der Waals surface area contributed by atoms with Crippen LogP contribution >= 0.6 is 0 Å². The number of hydrogen-bond donors (Lipinski definition) is 0. The van der Waals surface area contributed by atoms with Gasteiger partial charge in [0.2, 0.25) is 0 Å². The molecule has 5 nitrogen and oxygen atoms in total. The number of fused-ring (bicyclic) bond motifs is 1. The number of carbonyl (C=O) groups excluding carboxylic acids is 1. The second-order valence-corrected chi connectivity index (χ2v) is 6.56. The summed E-state index contributed by atoms with van der Waals surface area (Å²) in [6.07, 6.45) is 1.56. The zero-order chi connectivity index (χ0) is 14.8. The first kappa shape index (κ1) is 14.0. The third-order valence-electron chi connectivity index (χ3n) is 3.65. The van der Waals surface area contributed by atoms with Crippen molar-refractivity contribution in [2.24, 2.45) is 0 Å². The highest BCUT2D eigenvalue weighted by Gasteiger charge is 2.24. The maximum absolute atomic E-state index is 12.0. The van der Waals surface area contributed by atoms with Crippen LogP contribution in [0.2, 0.25) is 0 Å². The molecule has 0 atom stereocenters. The lowest BCUT2D eigenvalue weighted by Gasteiger charge is -2.30. The minimum atomic E-state index is -0.761. The number of hydrogen-bond acceptors (Lipinski definition) is 5. The fourth-order valence-electron chi connectivity index (χ4n) is 2.59. The van der Waals surface area contributed by atoms with E-state index in [4.69, 9.17) is 4.74 Å². The fourth-order valence-corrected chi connectivity index (χ4v) is 3.64. The van der Waals surface area contributed by atoms with Crippen LogP contribution in [0.15, 0.2) is 30.5 Å². The molecule has 0 radical (unpaired) electrons. The maximum atomic E-state index is 12.0. The van der Waals surface area contributed by atoms with Gasteiger partial charge in [-0.25, -0.2) is 4.79 Å². The molecule has 110 valence electrons. The van der Waals surface area contributed by atoms with Crippen LogP contribution in [-0.2, 0) is 15.5 Å². The van der Waals surface area contributed by atoms with E-state index in [1.54, 1.807) is 6.20 Å². The Kier molecular flexibility index (Phi) is 3.88. The highest BCUT2D eigenvalue weighted by Crippen LogP contribution is 2.30. The van der Waals surface area contributed by atoms with E-state index < -0.39 is 16.8 Å². The molecule has 1 aromatic carbocycles. The molecule has 0 bridgehead atoms. The summed E-state index contributed by atoms with van der Waals surface area (Å²) in [5.74, 6) is 0.851. The van der Waals surface area contributed by atoms with Crippen molar-refractivity contribution in [3.63, 3.8) is 0 Å². The smallest absolute Gasteiger partial charge is 0.341 e. The molecule has 0 aliphatic carbocycles. The molecule has 0 spiro atoms. The van der Waals surface area contributed by atoms with Crippen LogP contribution in [0, 0.1) is 0 Å². The van der Waals surface area contributed by atoms with Crippen molar-refractivity contribution in [2.45, 2.75) is 0 Å². The highest BCUT2D eigenvalue weighted by molar-refractivity contribution is 7.85. The van der Waals surface area contributed by atoms with E-state index in [0.29, 0.717) is 30.2 Å². The predicted molar refractivity (Wildman–Crippen MR) is 83.2 cm³/mol. The van der Waals surface area contributed by atoms with Gasteiger partial charge in [0.15, 0.2) is 0 Å². The van der Waals surface area contributed by atoms with Gasteiger partial charge < -0.3 is 9.64 Å². The minimum absolute atomic E-state index is 0.394. The van der Waals surface area contributed by atoms with Crippen LogP contribution in [0.1, 0.15) is 10.4 Å². The Morgan fingerprint density at radius 1 is 1.29 bits per heavy atom. The van der Waals surface area contributed by atoms with E-state index in [1.807, 2.05) is 24.3 Å². The Morgan fingerprint density at radius 2 is 2.00 bits per heavy atom. The molecule has 21 heavy (non-hydrogen) atoms. The Morgan fingerprint density at radius 3 is 2.71 bits per heavy atom. The molecule has 1 aliphatic heterocycles. The molecule has 0 unspecified atom stereocenters. The summed E-state index contributed by atoms with van der Waals surface area (Å²) in [5.41, 5.74) is 2.14. The molecular weight excluding hydrogens is 288 g/mol. The average Bonchev–Trinajstić information content (AvgIpc) is 2.54. The Bertz CT molecular complexity index is 707. The van der Waals surface area contributed by atoms with Crippen LogP contribution in [0.3, 0.4) is 0 Å².